The first-order valence-corrected chi connectivity index (χ1v) is 13.2. The van der Waals surface area contributed by atoms with Crippen LogP contribution < -0.4 is 20.0 Å². The molecule has 1 atom stereocenters. The van der Waals surface area contributed by atoms with E-state index in [-0.39, 0.29) is 23.6 Å². The summed E-state index contributed by atoms with van der Waals surface area (Å²) >= 11 is 0. The van der Waals surface area contributed by atoms with Crippen LogP contribution in [0.15, 0.2) is 42.7 Å². The molecule has 1 N–H and O–H groups in total. The Morgan fingerprint density at radius 1 is 1.00 bits per heavy atom. The molecule has 1 aromatic heterocycles. The Labute approximate surface area is 224 Å². The van der Waals surface area contributed by atoms with Crippen LogP contribution in [-0.4, -0.2) is 53.5 Å². The molecule has 1 saturated heterocycles. The number of carbonyl (C=O) groups excluding carboxylic acids is 1. The van der Waals surface area contributed by atoms with Crippen LogP contribution in [0.1, 0.15) is 40.9 Å². The Kier molecular flexibility index (Phi) is 6.58. The fourth-order valence-electron chi connectivity index (χ4n) is 5.94. The van der Waals surface area contributed by atoms with Crippen molar-refractivity contribution in [2.75, 3.05) is 42.0 Å². The third-order valence-corrected chi connectivity index (χ3v) is 8.10. The number of aromatic nitrogens is 2. The van der Waals surface area contributed by atoms with E-state index in [1.807, 2.05) is 18.2 Å². The molecular formula is C28H29F2N6O3+. The fourth-order valence-corrected chi connectivity index (χ4v) is 5.94. The number of anilines is 3. The van der Waals surface area contributed by atoms with Crippen LogP contribution in [0.4, 0.5) is 26.0 Å². The molecule has 1 amide bonds. The van der Waals surface area contributed by atoms with E-state index in [1.165, 1.54) is 11.2 Å². The maximum atomic E-state index is 13.9. The molecule has 4 heterocycles. The van der Waals surface area contributed by atoms with Crippen LogP contribution >= 0.6 is 0 Å². The van der Waals surface area contributed by atoms with Crippen LogP contribution in [0, 0.1) is 22.5 Å². The number of hydrogen-bond acceptors (Lipinski definition) is 6. The van der Waals surface area contributed by atoms with E-state index in [0.29, 0.717) is 43.1 Å². The summed E-state index contributed by atoms with van der Waals surface area (Å²) in [7, 11) is 1.63. The molecule has 0 aliphatic carbocycles. The predicted octanol–water partition coefficient (Wildman–Crippen LogP) is 4.30. The Hall–Kier alpha value is -4.15. The SMILES string of the molecule is COc1ccc2c(c1)CCC(C1CCN(c3cc(C(=O)N4CCc5cc(F)c(F)cc54)ncn3)CC1)[N+](=O)N2. The number of benzene rings is 2. The molecule has 6 rings (SSSR count). The summed E-state index contributed by atoms with van der Waals surface area (Å²) in [5.41, 5.74) is 6.09. The Bertz CT molecular complexity index is 1440. The van der Waals surface area contributed by atoms with Crippen LogP contribution in [0.5, 0.6) is 5.75 Å². The molecule has 3 aromatic rings. The second-order valence-corrected chi connectivity index (χ2v) is 10.3. The highest BCUT2D eigenvalue weighted by molar-refractivity contribution is 6.06. The zero-order chi connectivity index (χ0) is 27.1. The van der Waals surface area contributed by atoms with Crippen LogP contribution in [-0.2, 0) is 12.8 Å². The van der Waals surface area contributed by atoms with E-state index in [1.54, 1.807) is 13.2 Å². The molecule has 0 saturated carbocycles. The second-order valence-electron chi connectivity index (χ2n) is 10.3. The number of fused-ring (bicyclic) bond motifs is 2. The number of nitroso groups, excluding NO2 is 1. The van der Waals surface area contributed by atoms with E-state index < -0.39 is 11.6 Å². The Morgan fingerprint density at radius 2 is 1.79 bits per heavy atom. The number of nitrogens with zero attached hydrogens (tertiary/aromatic N) is 5. The summed E-state index contributed by atoms with van der Waals surface area (Å²) in [6.45, 7) is 1.72. The summed E-state index contributed by atoms with van der Waals surface area (Å²) in [4.78, 5) is 39.4. The average Bonchev–Trinajstić information content (AvgIpc) is 3.27. The van der Waals surface area contributed by atoms with E-state index in [4.69, 9.17) is 4.74 Å². The fraction of sp³-hybridized carbons (Fsp3) is 0.393. The molecule has 0 radical (unpaired) electrons. The number of aryl methyl sites for hydroxylation is 1. The third-order valence-electron chi connectivity index (χ3n) is 8.10. The van der Waals surface area contributed by atoms with Gasteiger partial charge in [0.2, 0.25) is 6.04 Å². The smallest absolute Gasteiger partial charge is 0.277 e. The first-order valence-electron chi connectivity index (χ1n) is 13.2. The minimum Gasteiger partial charge on any atom is -0.497 e. The number of hydrogen-bond donors (Lipinski definition) is 1. The first-order chi connectivity index (χ1) is 18.9. The molecule has 2 aromatic carbocycles. The molecule has 9 nitrogen and oxygen atoms in total. The normalized spacial score (nSPS) is 19.3. The van der Waals surface area contributed by atoms with Gasteiger partial charge in [0.15, 0.2) is 11.6 Å². The van der Waals surface area contributed by atoms with Crippen molar-refractivity contribution < 1.29 is 23.2 Å². The zero-order valence-corrected chi connectivity index (χ0v) is 21.6. The zero-order valence-electron chi connectivity index (χ0n) is 21.6. The number of amides is 1. The summed E-state index contributed by atoms with van der Waals surface area (Å²) in [6.07, 6.45) is 4.96. The molecule has 3 aliphatic rings. The summed E-state index contributed by atoms with van der Waals surface area (Å²) in [5, 5.41) is 0. The molecule has 202 valence electrons. The predicted molar refractivity (Wildman–Crippen MR) is 141 cm³/mol. The topological polar surface area (TPSA) is 90.7 Å². The van der Waals surface area contributed by atoms with Crippen molar-refractivity contribution in [3.05, 3.63) is 76.1 Å². The molecule has 1 fully saturated rings. The van der Waals surface area contributed by atoms with Gasteiger partial charge in [0, 0.05) is 44.1 Å². The number of carbonyl (C=O) groups is 1. The number of ether oxygens (including phenoxy) is 1. The van der Waals surface area contributed by atoms with E-state index in [9.17, 15) is 18.5 Å². The van der Waals surface area contributed by atoms with Gasteiger partial charge in [-0.15, -0.1) is 5.43 Å². The van der Waals surface area contributed by atoms with Gasteiger partial charge in [0.05, 0.1) is 17.7 Å². The highest BCUT2D eigenvalue weighted by Gasteiger charge is 2.39. The van der Waals surface area contributed by atoms with Gasteiger partial charge in [-0.25, -0.2) is 18.7 Å². The van der Waals surface area contributed by atoms with E-state index >= 15 is 0 Å². The largest absolute Gasteiger partial charge is 0.497 e. The van der Waals surface area contributed by atoms with Gasteiger partial charge in [-0.3, -0.25) is 4.79 Å². The first kappa shape index (κ1) is 25.1. The molecule has 0 spiro atoms. The van der Waals surface area contributed by atoms with Crippen molar-refractivity contribution in [2.45, 2.75) is 38.1 Å². The average molecular weight is 536 g/mol. The van der Waals surface area contributed by atoms with Crippen LogP contribution in [0.3, 0.4) is 0 Å². The van der Waals surface area contributed by atoms with Crippen LogP contribution in [0.2, 0.25) is 0 Å². The van der Waals surface area contributed by atoms with Gasteiger partial charge in [-0.2, -0.15) is 0 Å². The Morgan fingerprint density at radius 3 is 2.59 bits per heavy atom. The lowest BCUT2D eigenvalue weighted by atomic mass is 9.86. The maximum Gasteiger partial charge on any atom is 0.277 e. The number of hydrazine groups is 1. The lowest BCUT2D eigenvalue weighted by molar-refractivity contribution is -0.567. The van der Waals surface area contributed by atoms with Crippen molar-refractivity contribution in [1.29, 1.82) is 0 Å². The quantitative estimate of drug-likeness (QED) is 0.498. The van der Waals surface area contributed by atoms with Gasteiger partial charge in [-0.1, -0.05) is 0 Å². The standard InChI is InChI=1S/C28H29F2N6O3/c1-39-20-3-4-23-18(12-20)2-5-25(36(38)33-23)17-6-9-34(10-7-17)27-15-24(31-16-32-27)28(37)35-11-8-19-13-21(29)22(30)14-26(19)35/h3-4,12-17,25H,2,5-11H2,1H3,(H,33,38)/q+1. The molecular weight excluding hydrogens is 506 g/mol. The van der Waals surface area contributed by atoms with Crippen molar-refractivity contribution in [3.8, 4) is 5.75 Å². The van der Waals surface area contributed by atoms with Gasteiger partial charge >= 0.3 is 0 Å². The molecule has 1 unspecified atom stereocenters. The van der Waals surface area contributed by atoms with Gasteiger partial charge in [0.25, 0.3) is 5.91 Å². The van der Waals surface area contributed by atoms with Crippen molar-refractivity contribution >= 4 is 23.1 Å². The molecule has 39 heavy (non-hydrogen) atoms. The van der Waals surface area contributed by atoms with Crippen molar-refractivity contribution in [1.82, 2.24) is 9.97 Å². The highest BCUT2D eigenvalue weighted by Crippen LogP contribution is 2.34. The molecule has 0 bridgehead atoms. The van der Waals surface area contributed by atoms with Crippen LogP contribution in [0.25, 0.3) is 0 Å². The minimum absolute atomic E-state index is 0.159. The van der Waals surface area contributed by atoms with Crippen molar-refractivity contribution in [2.24, 2.45) is 5.92 Å². The number of halogens is 2. The molecule has 11 heteroatoms. The summed E-state index contributed by atoms with van der Waals surface area (Å²) in [5.74, 6) is -0.654. The number of methoxy groups -OCH3 is 1. The summed E-state index contributed by atoms with van der Waals surface area (Å²) in [6, 6.07) is 9.42. The maximum absolute atomic E-state index is 13.9. The van der Waals surface area contributed by atoms with E-state index in [0.717, 1.165) is 59.7 Å². The summed E-state index contributed by atoms with van der Waals surface area (Å²) < 4.78 is 32.8. The van der Waals surface area contributed by atoms with Gasteiger partial charge in [-0.05, 0) is 61.1 Å². The molecule has 3 aliphatic heterocycles. The lowest BCUT2D eigenvalue weighted by Gasteiger charge is -2.33. The monoisotopic (exact) mass is 535 g/mol. The van der Waals surface area contributed by atoms with Crippen molar-refractivity contribution in [3.63, 3.8) is 0 Å². The number of rotatable bonds is 4. The Balaban J connectivity index is 1.11. The third kappa shape index (κ3) is 4.77. The van der Waals surface area contributed by atoms with Gasteiger partial charge < -0.3 is 14.5 Å². The second kappa shape index (κ2) is 10.2. The minimum atomic E-state index is -0.983. The van der Waals surface area contributed by atoms with Gasteiger partial charge in [0.1, 0.15) is 34.1 Å². The number of piperidine rings is 1. The highest BCUT2D eigenvalue weighted by atomic mass is 19.2. The number of nitrogens with one attached hydrogen (secondary N) is 1. The lowest BCUT2D eigenvalue weighted by Crippen LogP contribution is -2.43. The van der Waals surface area contributed by atoms with E-state index in [2.05, 4.69) is 20.3 Å².